The van der Waals surface area contributed by atoms with Gasteiger partial charge in [0, 0.05) is 75.1 Å². The lowest BCUT2D eigenvalue weighted by atomic mass is 9.97. The minimum atomic E-state index is -0.982. The maximum absolute atomic E-state index is 13.4. The highest BCUT2D eigenvalue weighted by molar-refractivity contribution is 6.09. The first kappa shape index (κ1) is 23.4. The number of aromatic nitrogens is 5. The monoisotopic (exact) mass is 502 g/mol. The first-order chi connectivity index (χ1) is 17.8. The molecule has 2 aliphatic rings. The number of anilines is 2. The summed E-state index contributed by atoms with van der Waals surface area (Å²) in [5, 5.41) is 17.9. The number of aliphatic hydroxyl groups is 1. The van der Waals surface area contributed by atoms with E-state index < -0.39 is 5.60 Å². The van der Waals surface area contributed by atoms with Crippen molar-refractivity contribution in [3.8, 4) is 5.75 Å². The van der Waals surface area contributed by atoms with Crippen molar-refractivity contribution in [1.29, 1.82) is 0 Å². The number of fused-ring (bicyclic) bond motifs is 2. The third kappa shape index (κ3) is 4.63. The quantitative estimate of drug-likeness (QED) is 0.366. The molecular formula is C26H30N8O3. The molecule has 3 aromatic heterocycles. The van der Waals surface area contributed by atoms with Crippen molar-refractivity contribution in [3.05, 3.63) is 66.1 Å². The van der Waals surface area contributed by atoms with Gasteiger partial charge in [0.25, 0.3) is 5.91 Å². The van der Waals surface area contributed by atoms with E-state index in [1.807, 2.05) is 18.3 Å². The summed E-state index contributed by atoms with van der Waals surface area (Å²) >= 11 is 0. The third-order valence-corrected chi connectivity index (χ3v) is 7.08. The van der Waals surface area contributed by atoms with Gasteiger partial charge < -0.3 is 25.0 Å². The van der Waals surface area contributed by atoms with Gasteiger partial charge in [-0.1, -0.05) is 0 Å². The van der Waals surface area contributed by atoms with Crippen LogP contribution in [0.1, 0.15) is 35.5 Å². The third-order valence-electron chi connectivity index (χ3n) is 7.08. The van der Waals surface area contributed by atoms with E-state index in [4.69, 9.17) is 4.74 Å². The lowest BCUT2D eigenvalue weighted by Crippen LogP contribution is -2.46. The molecule has 1 amide bonds. The van der Waals surface area contributed by atoms with Crippen LogP contribution in [0.5, 0.6) is 5.75 Å². The van der Waals surface area contributed by atoms with Crippen LogP contribution in [0.25, 0.3) is 5.65 Å². The molecule has 1 atom stereocenters. The van der Waals surface area contributed by atoms with Gasteiger partial charge in [-0.15, -0.1) is 0 Å². The van der Waals surface area contributed by atoms with Gasteiger partial charge in [-0.25, -0.2) is 14.5 Å². The number of carbonyl (C=O) groups excluding carboxylic acids is 1. The van der Waals surface area contributed by atoms with Gasteiger partial charge in [0.15, 0.2) is 5.65 Å². The fourth-order valence-corrected chi connectivity index (χ4v) is 4.97. The van der Waals surface area contributed by atoms with Gasteiger partial charge in [-0.3, -0.25) is 9.69 Å². The van der Waals surface area contributed by atoms with Crippen LogP contribution in [0.4, 0.5) is 11.4 Å². The number of piperazine rings is 1. The largest absolute Gasteiger partial charge is 0.487 e. The van der Waals surface area contributed by atoms with Crippen molar-refractivity contribution in [2.75, 3.05) is 36.4 Å². The zero-order valence-electron chi connectivity index (χ0n) is 20.9. The van der Waals surface area contributed by atoms with E-state index in [1.165, 1.54) is 6.20 Å². The maximum atomic E-state index is 13.4. The highest BCUT2D eigenvalue weighted by atomic mass is 16.5. The van der Waals surface area contributed by atoms with Crippen LogP contribution in [0.2, 0.25) is 0 Å². The Morgan fingerprint density at radius 1 is 1.24 bits per heavy atom. The summed E-state index contributed by atoms with van der Waals surface area (Å²) in [6.45, 7) is 7.66. The average molecular weight is 503 g/mol. The van der Waals surface area contributed by atoms with E-state index in [0.29, 0.717) is 23.3 Å². The Balaban J connectivity index is 1.27. The normalized spacial score (nSPS) is 18.1. The molecular weight excluding hydrogens is 472 g/mol. The minimum absolute atomic E-state index is 0.272. The highest BCUT2D eigenvalue weighted by Gasteiger charge is 2.36. The van der Waals surface area contributed by atoms with Crippen molar-refractivity contribution in [1.82, 2.24) is 29.5 Å². The number of nitrogens with zero attached hydrogens (tertiary/aromatic N) is 6. The Morgan fingerprint density at radius 3 is 2.84 bits per heavy atom. The summed E-state index contributed by atoms with van der Waals surface area (Å²) < 4.78 is 7.73. The molecule has 37 heavy (non-hydrogen) atoms. The number of carbonyl (C=O) groups is 1. The molecule has 1 fully saturated rings. The number of aromatic amines is 1. The standard InChI is InChI=1S/C26H30N8O3/c1-26(2,36)23-11-17-10-20(31-25(35)19-14-30-34-5-3-4-28-24(19)34)21(12-22(17)37-23)33-8-6-32(7-9-33)15-18-13-27-16-29-18/h3-5,10,12-14,16,23,36H,6-9,11,15H2,1-2H3,(H,27,29)(H,31,35). The van der Waals surface area contributed by atoms with Crippen molar-refractivity contribution in [3.63, 3.8) is 0 Å². The lowest BCUT2D eigenvalue weighted by molar-refractivity contribution is -0.0229. The second-order valence-corrected chi connectivity index (χ2v) is 10.2. The molecule has 5 heterocycles. The molecule has 0 bridgehead atoms. The maximum Gasteiger partial charge on any atom is 0.261 e. The molecule has 6 rings (SSSR count). The second-order valence-electron chi connectivity index (χ2n) is 10.2. The van der Waals surface area contributed by atoms with Gasteiger partial charge in [0.1, 0.15) is 17.4 Å². The molecule has 0 saturated carbocycles. The number of ether oxygens (including phenoxy) is 1. The number of hydrogen-bond acceptors (Lipinski definition) is 8. The van der Waals surface area contributed by atoms with Gasteiger partial charge in [-0.2, -0.15) is 5.10 Å². The summed E-state index contributed by atoms with van der Waals surface area (Å²) in [5.41, 5.74) is 3.58. The van der Waals surface area contributed by atoms with Crippen LogP contribution in [0.15, 0.2) is 49.3 Å². The highest BCUT2D eigenvalue weighted by Crippen LogP contribution is 2.41. The molecule has 1 saturated heterocycles. The Labute approximate surface area is 214 Å². The van der Waals surface area contributed by atoms with Crippen molar-refractivity contribution in [2.24, 2.45) is 0 Å². The Bertz CT molecular complexity index is 1420. The smallest absolute Gasteiger partial charge is 0.261 e. The van der Waals surface area contributed by atoms with Crippen LogP contribution in [0, 0.1) is 0 Å². The first-order valence-corrected chi connectivity index (χ1v) is 12.5. The number of rotatable bonds is 6. The van der Waals surface area contributed by atoms with Crippen molar-refractivity contribution >= 4 is 22.9 Å². The summed E-state index contributed by atoms with van der Waals surface area (Å²) in [6, 6.07) is 5.74. The van der Waals surface area contributed by atoms with Gasteiger partial charge in [-0.05, 0) is 26.0 Å². The number of nitrogens with one attached hydrogen (secondary N) is 2. The molecule has 0 radical (unpaired) electrons. The number of imidazole rings is 1. The predicted molar refractivity (Wildman–Crippen MR) is 138 cm³/mol. The van der Waals surface area contributed by atoms with E-state index in [9.17, 15) is 9.90 Å². The van der Waals surface area contributed by atoms with Crippen molar-refractivity contribution in [2.45, 2.75) is 38.5 Å². The zero-order valence-corrected chi connectivity index (χ0v) is 20.9. The van der Waals surface area contributed by atoms with Crippen LogP contribution in [-0.2, 0) is 13.0 Å². The summed E-state index contributed by atoms with van der Waals surface area (Å²) in [6.07, 6.45) is 8.71. The zero-order chi connectivity index (χ0) is 25.6. The number of H-pyrrole nitrogens is 1. The van der Waals surface area contributed by atoms with Gasteiger partial charge in [0.2, 0.25) is 0 Å². The summed E-state index contributed by atoms with van der Waals surface area (Å²) in [5.74, 6) is 0.475. The molecule has 2 aliphatic heterocycles. The van der Waals surface area contributed by atoms with E-state index >= 15 is 0 Å². The van der Waals surface area contributed by atoms with Crippen LogP contribution < -0.4 is 15.0 Å². The molecule has 192 valence electrons. The first-order valence-electron chi connectivity index (χ1n) is 12.5. The average Bonchev–Trinajstić information content (AvgIpc) is 3.63. The van der Waals surface area contributed by atoms with E-state index in [2.05, 4.69) is 35.2 Å². The van der Waals surface area contributed by atoms with E-state index in [0.717, 1.165) is 55.4 Å². The summed E-state index contributed by atoms with van der Waals surface area (Å²) in [7, 11) is 0. The molecule has 0 aliphatic carbocycles. The fourth-order valence-electron chi connectivity index (χ4n) is 4.97. The van der Waals surface area contributed by atoms with E-state index in [-0.39, 0.29) is 12.0 Å². The fraction of sp³-hybridized carbons (Fsp3) is 0.385. The molecule has 4 aromatic rings. The lowest BCUT2D eigenvalue weighted by Gasteiger charge is -2.37. The summed E-state index contributed by atoms with van der Waals surface area (Å²) in [4.78, 5) is 29.6. The minimum Gasteiger partial charge on any atom is -0.487 e. The Kier molecular flexibility index (Phi) is 5.81. The molecule has 11 heteroatoms. The van der Waals surface area contributed by atoms with Crippen molar-refractivity contribution < 1.29 is 14.6 Å². The van der Waals surface area contributed by atoms with Gasteiger partial charge in [0.05, 0.1) is 29.5 Å². The molecule has 3 N–H and O–H groups in total. The topological polar surface area (TPSA) is 124 Å². The molecule has 0 spiro atoms. The van der Waals surface area contributed by atoms with Gasteiger partial charge >= 0.3 is 0 Å². The molecule has 11 nitrogen and oxygen atoms in total. The SMILES string of the molecule is CC(C)(O)C1Cc2cc(NC(=O)c3cnn4cccnc34)c(N3CCN(Cc4cnc[nH]4)CC3)cc2O1. The van der Waals surface area contributed by atoms with Crippen LogP contribution in [0.3, 0.4) is 0 Å². The van der Waals surface area contributed by atoms with Crippen LogP contribution >= 0.6 is 0 Å². The number of amides is 1. The van der Waals surface area contributed by atoms with E-state index in [1.54, 1.807) is 43.2 Å². The van der Waals surface area contributed by atoms with Crippen LogP contribution in [-0.4, -0.2) is 78.4 Å². The number of hydrogen-bond donors (Lipinski definition) is 3. The predicted octanol–water partition coefficient (Wildman–Crippen LogP) is 2.10. The molecule has 1 unspecified atom stereocenters. The molecule has 1 aromatic carbocycles. The Hall–Kier alpha value is -3.96. The number of benzene rings is 1. The second kappa shape index (κ2) is 9.16. The Morgan fingerprint density at radius 2 is 2.08 bits per heavy atom.